The van der Waals surface area contributed by atoms with Crippen LogP contribution in [0.5, 0.6) is 0 Å². The molecule has 1 aromatic carbocycles. The third-order valence-electron chi connectivity index (χ3n) is 3.47. The van der Waals surface area contributed by atoms with Gasteiger partial charge in [0.15, 0.2) is 0 Å². The molecule has 10 heteroatoms. The van der Waals surface area contributed by atoms with E-state index in [0.29, 0.717) is 11.4 Å². The van der Waals surface area contributed by atoms with Crippen LogP contribution in [-0.2, 0) is 19.8 Å². The first-order chi connectivity index (χ1) is 11.3. The van der Waals surface area contributed by atoms with Crippen LogP contribution < -0.4 is 5.69 Å². The number of aromatic nitrogens is 5. The van der Waals surface area contributed by atoms with Crippen molar-refractivity contribution >= 4 is 0 Å². The molecule has 0 aliphatic carbocycles. The van der Waals surface area contributed by atoms with E-state index in [1.807, 2.05) is 0 Å². The molecule has 0 fully saturated rings. The molecule has 126 valence electrons. The summed E-state index contributed by atoms with van der Waals surface area (Å²) in [6.45, 7) is 1.66. The standard InChI is InChI=1S/C14H12F3N5O2/c1-8-20-22(13(23)21(8)2)7-11-18-19-12(24-11)9-3-5-10(6-4-9)14(15,16)17/h3-6H,7H2,1-2H3. The van der Waals surface area contributed by atoms with Gasteiger partial charge in [0.1, 0.15) is 12.4 Å². The van der Waals surface area contributed by atoms with Gasteiger partial charge in [0.05, 0.1) is 5.56 Å². The van der Waals surface area contributed by atoms with E-state index in [9.17, 15) is 18.0 Å². The lowest BCUT2D eigenvalue weighted by atomic mass is 10.1. The first-order valence-electron chi connectivity index (χ1n) is 6.86. The summed E-state index contributed by atoms with van der Waals surface area (Å²) in [4.78, 5) is 11.9. The Labute approximate surface area is 133 Å². The van der Waals surface area contributed by atoms with Gasteiger partial charge in [-0.25, -0.2) is 9.48 Å². The largest absolute Gasteiger partial charge is 0.419 e. The maximum absolute atomic E-state index is 12.5. The van der Waals surface area contributed by atoms with E-state index in [2.05, 4.69) is 15.3 Å². The average molecular weight is 339 g/mol. The molecule has 0 radical (unpaired) electrons. The van der Waals surface area contributed by atoms with Crippen molar-refractivity contribution in [3.63, 3.8) is 0 Å². The minimum absolute atomic E-state index is 0.0197. The van der Waals surface area contributed by atoms with Gasteiger partial charge in [0.2, 0.25) is 11.8 Å². The Balaban J connectivity index is 1.83. The summed E-state index contributed by atoms with van der Waals surface area (Å²) >= 11 is 0. The molecule has 2 heterocycles. The van der Waals surface area contributed by atoms with Crippen molar-refractivity contribution in [3.05, 3.63) is 52.0 Å². The van der Waals surface area contributed by atoms with E-state index in [1.54, 1.807) is 14.0 Å². The quantitative estimate of drug-likeness (QED) is 0.729. The molecule has 0 N–H and O–H groups in total. The molecule has 0 saturated heterocycles. The lowest BCUT2D eigenvalue weighted by molar-refractivity contribution is -0.137. The molecule has 3 aromatic rings. The van der Waals surface area contributed by atoms with E-state index in [1.165, 1.54) is 21.4 Å². The minimum atomic E-state index is -4.41. The normalized spacial score (nSPS) is 11.9. The number of hydrogen-bond donors (Lipinski definition) is 0. The predicted molar refractivity (Wildman–Crippen MR) is 76.0 cm³/mol. The van der Waals surface area contributed by atoms with Gasteiger partial charge >= 0.3 is 11.9 Å². The maximum atomic E-state index is 12.5. The van der Waals surface area contributed by atoms with Crippen molar-refractivity contribution in [1.29, 1.82) is 0 Å². The lowest BCUT2D eigenvalue weighted by Crippen LogP contribution is -2.23. The summed E-state index contributed by atoms with van der Waals surface area (Å²) in [5.74, 6) is 0.729. The van der Waals surface area contributed by atoms with E-state index in [0.717, 1.165) is 12.1 Å². The molecular weight excluding hydrogens is 327 g/mol. The Morgan fingerprint density at radius 1 is 1.17 bits per heavy atom. The number of alkyl halides is 3. The van der Waals surface area contributed by atoms with E-state index >= 15 is 0 Å². The Morgan fingerprint density at radius 2 is 1.83 bits per heavy atom. The van der Waals surface area contributed by atoms with Crippen molar-refractivity contribution < 1.29 is 17.6 Å². The van der Waals surface area contributed by atoms with Gasteiger partial charge in [0, 0.05) is 12.6 Å². The van der Waals surface area contributed by atoms with Crippen molar-refractivity contribution in [2.45, 2.75) is 19.6 Å². The number of nitrogens with zero attached hydrogens (tertiary/aromatic N) is 5. The van der Waals surface area contributed by atoms with Gasteiger partial charge < -0.3 is 4.42 Å². The van der Waals surface area contributed by atoms with E-state index < -0.39 is 11.7 Å². The first-order valence-corrected chi connectivity index (χ1v) is 6.86. The third kappa shape index (κ3) is 2.94. The molecule has 2 aromatic heterocycles. The fourth-order valence-corrected chi connectivity index (χ4v) is 2.06. The first kappa shape index (κ1) is 16.0. The molecule has 0 amide bonds. The van der Waals surface area contributed by atoms with Crippen LogP contribution in [-0.4, -0.2) is 24.5 Å². The molecule has 0 atom stereocenters. The van der Waals surface area contributed by atoms with E-state index in [-0.39, 0.29) is 24.0 Å². The Morgan fingerprint density at radius 3 is 2.38 bits per heavy atom. The number of hydrogen-bond acceptors (Lipinski definition) is 5. The van der Waals surface area contributed by atoms with Crippen LogP contribution >= 0.6 is 0 Å². The van der Waals surface area contributed by atoms with Gasteiger partial charge in [-0.05, 0) is 31.2 Å². The topological polar surface area (TPSA) is 78.7 Å². The monoisotopic (exact) mass is 339 g/mol. The van der Waals surface area contributed by atoms with Crippen LogP contribution in [0, 0.1) is 6.92 Å². The maximum Gasteiger partial charge on any atom is 0.416 e. The summed E-state index contributed by atoms with van der Waals surface area (Å²) < 4.78 is 45.6. The summed E-state index contributed by atoms with van der Waals surface area (Å²) in [6.07, 6.45) is -4.41. The summed E-state index contributed by atoms with van der Waals surface area (Å²) in [6, 6.07) is 4.37. The van der Waals surface area contributed by atoms with Crippen molar-refractivity contribution in [2.75, 3.05) is 0 Å². The van der Waals surface area contributed by atoms with E-state index in [4.69, 9.17) is 4.42 Å². The number of rotatable bonds is 3. The molecular formula is C14H12F3N5O2. The van der Waals surface area contributed by atoms with Crippen LogP contribution in [0.4, 0.5) is 13.2 Å². The smallest absolute Gasteiger partial charge is 0.416 e. The van der Waals surface area contributed by atoms with Crippen LogP contribution in [0.2, 0.25) is 0 Å². The van der Waals surface area contributed by atoms with Gasteiger partial charge in [-0.15, -0.1) is 10.2 Å². The zero-order chi connectivity index (χ0) is 17.5. The number of aryl methyl sites for hydroxylation is 1. The van der Waals surface area contributed by atoms with Gasteiger partial charge in [-0.1, -0.05) is 0 Å². The summed E-state index contributed by atoms with van der Waals surface area (Å²) in [7, 11) is 1.59. The third-order valence-corrected chi connectivity index (χ3v) is 3.47. The van der Waals surface area contributed by atoms with Gasteiger partial charge in [0.25, 0.3) is 0 Å². The minimum Gasteiger partial charge on any atom is -0.419 e. The second kappa shape index (κ2) is 5.62. The molecule has 7 nitrogen and oxygen atoms in total. The summed E-state index contributed by atoms with van der Waals surface area (Å²) in [5, 5.41) is 11.6. The SMILES string of the molecule is Cc1nn(Cc2nnc(-c3ccc(C(F)(F)F)cc3)o2)c(=O)n1C. The molecule has 24 heavy (non-hydrogen) atoms. The highest BCUT2D eigenvalue weighted by atomic mass is 19.4. The Hall–Kier alpha value is -2.91. The van der Waals surface area contributed by atoms with Crippen molar-refractivity contribution in [3.8, 4) is 11.5 Å². The lowest BCUT2D eigenvalue weighted by Gasteiger charge is -2.05. The second-order valence-electron chi connectivity index (χ2n) is 5.12. The molecule has 0 aliphatic rings. The van der Waals surface area contributed by atoms with Crippen LogP contribution in [0.25, 0.3) is 11.5 Å². The molecule has 0 unspecified atom stereocenters. The predicted octanol–water partition coefficient (Wildman–Crippen LogP) is 2.01. The Kier molecular flexibility index (Phi) is 3.74. The highest BCUT2D eigenvalue weighted by Gasteiger charge is 2.30. The molecule has 0 bridgehead atoms. The van der Waals surface area contributed by atoms with Crippen molar-refractivity contribution in [2.24, 2.45) is 7.05 Å². The number of halogens is 3. The van der Waals surface area contributed by atoms with Crippen LogP contribution in [0.15, 0.2) is 33.5 Å². The second-order valence-corrected chi connectivity index (χ2v) is 5.12. The Bertz CT molecular complexity index is 921. The zero-order valence-electron chi connectivity index (χ0n) is 12.7. The molecule has 0 saturated carbocycles. The summed E-state index contributed by atoms with van der Waals surface area (Å²) in [5.41, 5.74) is -0.741. The highest BCUT2D eigenvalue weighted by Crippen LogP contribution is 2.30. The fraction of sp³-hybridized carbons (Fsp3) is 0.286. The molecule has 0 spiro atoms. The van der Waals surface area contributed by atoms with Crippen LogP contribution in [0.1, 0.15) is 17.3 Å². The van der Waals surface area contributed by atoms with Gasteiger partial charge in [-0.2, -0.15) is 18.3 Å². The molecule has 3 rings (SSSR count). The van der Waals surface area contributed by atoms with Crippen LogP contribution in [0.3, 0.4) is 0 Å². The fourth-order valence-electron chi connectivity index (χ4n) is 2.06. The number of benzene rings is 1. The molecule has 0 aliphatic heterocycles. The zero-order valence-corrected chi connectivity index (χ0v) is 12.7. The highest BCUT2D eigenvalue weighted by molar-refractivity contribution is 5.53. The average Bonchev–Trinajstić information content (AvgIpc) is 3.08. The van der Waals surface area contributed by atoms with Gasteiger partial charge in [-0.3, -0.25) is 4.57 Å². The van der Waals surface area contributed by atoms with Crippen molar-refractivity contribution in [1.82, 2.24) is 24.5 Å².